The Morgan fingerprint density at radius 1 is 1.25 bits per heavy atom. The standard InChI is InChI=1S/C12H18N2O2/c1-8(2)3-4-16-12(15)9-5-10(13)7-11(14)6-9/h5-8H,3-4,13-14H2,1-2H3. The summed E-state index contributed by atoms with van der Waals surface area (Å²) in [6.07, 6.45) is 0.851. The zero-order valence-corrected chi connectivity index (χ0v) is 9.69. The number of rotatable bonds is 4. The Balaban J connectivity index is 2.59. The molecule has 0 heterocycles. The van der Waals surface area contributed by atoms with Crippen LogP contribution in [-0.4, -0.2) is 12.6 Å². The molecule has 4 heteroatoms. The topological polar surface area (TPSA) is 78.3 Å². The minimum atomic E-state index is -0.375. The molecular weight excluding hydrogens is 204 g/mol. The third-order valence-electron chi connectivity index (χ3n) is 2.14. The van der Waals surface area contributed by atoms with Crippen LogP contribution in [0.15, 0.2) is 18.2 Å². The highest BCUT2D eigenvalue weighted by molar-refractivity contribution is 5.91. The zero-order chi connectivity index (χ0) is 12.1. The van der Waals surface area contributed by atoms with Crippen LogP contribution in [0.25, 0.3) is 0 Å². The van der Waals surface area contributed by atoms with Crippen molar-refractivity contribution in [3.05, 3.63) is 23.8 Å². The normalized spacial score (nSPS) is 10.4. The molecule has 0 saturated heterocycles. The zero-order valence-electron chi connectivity index (χ0n) is 9.69. The van der Waals surface area contributed by atoms with Crippen molar-refractivity contribution in [1.29, 1.82) is 0 Å². The van der Waals surface area contributed by atoms with Crippen LogP contribution in [-0.2, 0) is 4.74 Å². The molecule has 1 aromatic rings. The Morgan fingerprint density at radius 3 is 2.31 bits per heavy atom. The Hall–Kier alpha value is -1.71. The van der Waals surface area contributed by atoms with Gasteiger partial charge in [-0.05, 0) is 30.5 Å². The van der Waals surface area contributed by atoms with Crippen LogP contribution < -0.4 is 11.5 Å². The van der Waals surface area contributed by atoms with Crippen LogP contribution in [0.2, 0.25) is 0 Å². The van der Waals surface area contributed by atoms with E-state index in [4.69, 9.17) is 16.2 Å². The summed E-state index contributed by atoms with van der Waals surface area (Å²) in [5, 5.41) is 0. The SMILES string of the molecule is CC(C)CCOC(=O)c1cc(N)cc(N)c1. The van der Waals surface area contributed by atoms with Crippen LogP contribution in [0.3, 0.4) is 0 Å². The van der Waals surface area contributed by atoms with Crippen LogP contribution >= 0.6 is 0 Å². The van der Waals surface area contributed by atoms with Crippen LogP contribution in [0, 0.1) is 5.92 Å². The molecule has 0 aliphatic heterocycles. The average molecular weight is 222 g/mol. The van der Waals surface area contributed by atoms with Crippen LogP contribution in [0.4, 0.5) is 11.4 Å². The number of anilines is 2. The molecule has 0 aromatic heterocycles. The minimum absolute atomic E-state index is 0.375. The summed E-state index contributed by atoms with van der Waals surface area (Å²) in [7, 11) is 0. The molecule has 0 aliphatic carbocycles. The van der Waals surface area contributed by atoms with Crippen LogP contribution in [0.1, 0.15) is 30.6 Å². The highest BCUT2D eigenvalue weighted by atomic mass is 16.5. The van der Waals surface area contributed by atoms with E-state index in [1.807, 2.05) is 0 Å². The number of esters is 1. The van der Waals surface area contributed by atoms with Gasteiger partial charge in [0.2, 0.25) is 0 Å². The fraction of sp³-hybridized carbons (Fsp3) is 0.417. The summed E-state index contributed by atoms with van der Waals surface area (Å²) in [5.41, 5.74) is 12.5. The first-order chi connectivity index (χ1) is 7.49. The van der Waals surface area contributed by atoms with Crippen LogP contribution in [0.5, 0.6) is 0 Å². The molecule has 0 unspecified atom stereocenters. The van der Waals surface area contributed by atoms with E-state index in [9.17, 15) is 4.79 Å². The molecular formula is C12H18N2O2. The first kappa shape index (κ1) is 12.4. The van der Waals surface area contributed by atoms with Gasteiger partial charge in [-0.25, -0.2) is 4.79 Å². The summed E-state index contributed by atoms with van der Waals surface area (Å²) in [6.45, 7) is 4.57. The number of benzene rings is 1. The third kappa shape index (κ3) is 3.81. The lowest BCUT2D eigenvalue weighted by atomic mass is 10.1. The molecule has 16 heavy (non-hydrogen) atoms. The van der Waals surface area contributed by atoms with E-state index in [2.05, 4.69) is 13.8 Å². The van der Waals surface area contributed by atoms with Crippen molar-refractivity contribution < 1.29 is 9.53 Å². The number of carbonyl (C=O) groups excluding carboxylic acids is 1. The van der Waals surface area contributed by atoms with Crippen molar-refractivity contribution >= 4 is 17.3 Å². The van der Waals surface area contributed by atoms with Crippen molar-refractivity contribution in [2.45, 2.75) is 20.3 Å². The molecule has 0 fully saturated rings. The number of hydrogen-bond donors (Lipinski definition) is 2. The van der Waals surface area contributed by atoms with Gasteiger partial charge < -0.3 is 16.2 Å². The lowest BCUT2D eigenvalue weighted by molar-refractivity contribution is 0.0488. The number of ether oxygens (including phenoxy) is 1. The molecule has 1 rings (SSSR count). The highest BCUT2D eigenvalue weighted by Gasteiger charge is 2.08. The van der Waals surface area contributed by atoms with E-state index >= 15 is 0 Å². The lowest BCUT2D eigenvalue weighted by Crippen LogP contribution is -2.09. The van der Waals surface area contributed by atoms with Gasteiger partial charge in [-0.2, -0.15) is 0 Å². The number of hydrogen-bond acceptors (Lipinski definition) is 4. The van der Waals surface area contributed by atoms with Gasteiger partial charge in [-0.3, -0.25) is 0 Å². The second-order valence-electron chi connectivity index (χ2n) is 4.21. The molecule has 4 nitrogen and oxygen atoms in total. The summed E-state index contributed by atoms with van der Waals surface area (Å²) in [6, 6.07) is 4.73. The minimum Gasteiger partial charge on any atom is -0.462 e. The second kappa shape index (κ2) is 5.39. The van der Waals surface area contributed by atoms with E-state index in [0.29, 0.717) is 29.5 Å². The molecule has 0 aliphatic rings. The van der Waals surface area contributed by atoms with E-state index in [1.165, 1.54) is 0 Å². The van der Waals surface area contributed by atoms with Gasteiger partial charge in [0.05, 0.1) is 12.2 Å². The Bertz CT molecular complexity index is 355. The van der Waals surface area contributed by atoms with Gasteiger partial charge >= 0.3 is 5.97 Å². The Kier molecular flexibility index (Phi) is 4.17. The molecule has 0 radical (unpaired) electrons. The maximum Gasteiger partial charge on any atom is 0.338 e. The molecule has 4 N–H and O–H groups in total. The predicted octanol–water partition coefficient (Wildman–Crippen LogP) is 2.05. The molecule has 0 amide bonds. The quantitative estimate of drug-likeness (QED) is 0.603. The molecule has 0 saturated carbocycles. The maximum absolute atomic E-state index is 11.6. The van der Waals surface area contributed by atoms with E-state index < -0.39 is 0 Å². The van der Waals surface area contributed by atoms with Gasteiger partial charge in [0, 0.05) is 11.4 Å². The van der Waals surface area contributed by atoms with Crippen molar-refractivity contribution in [1.82, 2.24) is 0 Å². The number of nitrogen functional groups attached to an aromatic ring is 2. The van der Waals surface area contributed by atoms with Crippen molar-refractivity contribution in [2.75, 3.05) is 18.1 Å². The van der Waals surface area contributed by atoms with Gasteiger partial charge in [0.15, 0.2) is 0 Å². The number of nitrogens with two attached hydrogens (primary N) is 2. The molecule has 0 spiro atoms. The fourth-order valence-electron chi connectivity index (χ4n) is 1.27. The summed E-state index contributed by atoms with van der Waals surface area (Å²) in [5.74, 6) is 0.137. The van der Waals surface area contributed by atoms with E-state index in [-0.39, 0.29) is 5.97 Å². The van der Waals surface area contributed by atoms with Crippen molar-refractivity contribution in [2.24, 2.45) is 5.92 Å². The molecule has 1 aromatic carbocycles. The smallest absolute Gasteiger partial charge is 0.338 e. The summed E-state index contributed by atoms with van der Waals surface area (Å²) < 4.78 is 5.10. The third-order valence-corrected chi connectivity index (χ3v) is 2.14. The Labute approximate surface area is 95.6 Å². The molecule has 0 bridgehead atoms. The molecule has 0 atom stereocenters. The van der Waals surface area contributed by atoms with E-state index in [1.54, 1.807) is 18.2 Å². The highest BCUT2D eigenvalue weighted by Crippen LogP contribution is 2.14. The first-order valence-electron chi connectivity index (χ1n) is 5.32. The summed E-state index contributed by atoms with van der Waals surface area (Å²) >= 11 is 0. The van der Waals surface area contributed by atoms with E-state index in [0.717, 1.165) is 6.42 Å². The Morgan fingerprint density at radius 2 is 1.81 bits per heavy atom. The van der Waals surface area contributed by atoms with Crippen molar-refractivity contribution in [3.63, 3.8) is 0 Å². The van der Waals surface area contributed by atoms with Crippen molar-refractivity contribution in [3.8, 4) is 0 Å². The molecule has 88 valence electrons. The fourth-order valence-corrected chi connectivity index (χ4v) is 1.27. The second-order valence-corrected chi connectivity index (χ2v) is 4.21. The first-order valence-corrected chi connectivity index (χ1v) is 5.32. The summed E-state index contributed by atoms with van der Waals surface area (Å²) in [4.78, 5) is 11.6. The number of carbonyl (C=O) groups is 1. The maximum atomic E-state index is 11.6. The van der Waals surface area contributed by atoms with Gasteiger partial charge in [0.1, 0.15) is 0 Å². The monoisotopic (exact) mass is 222 g/mol. The van der Waals surface area contributed by atoms with Gasteiger partial charge in [-0.15, -0.1) is 0 Å². The van der Waals surface area contributed by atoms with Gasteiger partial charge in [0.25, 0.3) is 0 Å². The average Bonchev–Trinajstić information content (AvgIpc) is 2.15. The lowest BCUT2D eigenvalue weighted by Gasteiger charge is -2.07. The predicted molar refractivity (Wildman–Crippen MR) is 65.0 cm³/mol. The van der Waals surface area contributed by atoms with Gasteiger partial charge in [-0.1, -0.05) is 13.8 Å². The largest absolute Gasteiger partial charge is 0.462 e.